The molecule has 0 N–H and O–H groups in total. The first-order chi connectivity index (χ1) is 10.2. The van der Waals surface area contributed by atoms with Crippen molar-refractivity contribution in [1.29, 1.82) is 0 Å². The van der Waals surface area contributed by atoms with E-state index in [0.29, 0.717) is 17.9 Å². The van der Waals surface area contributed by atoms with Gasteiger partial charge >= 0.3 is 6.09 Å². The van der Waals surface area contributed by atoms with Gasteiger partial charge in [0.25, 0.3) is 0 Å². The highest BCUT2D eigenvalue weighted by Gasteiger charge is 2.25. The number of ether oxygens (including phenoxy) is 2. The average Bonchev–Trinajstić information content (AvgIpc) is 2.42. The van der Waals surface area contributed by atoms with Crippen molar-refractivity contribution < 1.29 is 18.7 Å². The van der Waals surface area contributed by atoms with Gasteiger partial charge in [0.1, 0.15) is 17.2 Å². The van der Waals surface area contributed by atoms with E-state index in [0.717, 1.165) is 6.42 Å². The molecule has 1 atom stereocenters. The summed E-state index contributed by atoms with van der Waals surface area (Å²) in [5, 5.41) is 0. The average molecular weight is 311 g/mol. The Morgan fingerprint density at radius 1 is 1.36 bits per heavy atom. The maximum atomic E-state index is 13.6. The maximum Gasteiger partial charge on any atom is 0.410 e. The van der Waals surface area contributed by atoms with Crippen LogP contribution in [0.1, 0.15) is 52.6 Å². The molecule has 0 aliphatic rings. The van der Waals surface area contributed by atoms with Gasteiger partial charge < -0.3 is 14.4 Å². The van der Waals surface area contributed by atoms with Crippen LogP contribution >= 0.6 is 0 Å². The molecule has 4 nitrogen and oxygen atoms in total. The van der Waals surface area contributed by atoms with Crippen LogP contribution in [0, 0.1) is 5.82 Å². The molecule has 0 aromatic heterocycles. The molecular weight excluding hydrogens is 285 g/mol. The quantitative estimate of drug-likeness (QED) is 0.801. The van der Waals surface area contributed by atoms with Crippen LogP contribution < -0.4 is 4.74 Å². The predicted octanol–water partition coefficient (Wildman–Crippen LogP) is 4.54. The smallest absolute Gasteiger partial charge is 0.410 e. The van der Waals surface area contributed by atoms with E-state index in [1.165, 1.54) is 17.0 Å². The number of carbonyl (C=O) groups excluding carboxylic acids is 1. The first-order valence-electron chi connectivity index (χ1n) is 7.53. The third-order valence-electron chi connectivity index (χ3n) is 3.15. The molecule has 1 aromatic rings. The lowest BCUT2D eigenvalue weighted by Crippen LogP contribution is -2.35. The largest absolute Gasteiger partial charge is 0.493 e. The minimum absolute atomic E-state index is 0.358. The number of carbonyl (C=O) groups is 1. The van der Waals surface area contributed by atoms with Gasteiger partial charge in [0.15, 0.2) is 0 Å². The Morgan fingerprint density at radius 3 is 2.55 bits per heavy atom. The predicted molar refractivity (Wildman–Crippen MR) is 84.6 cm³/mol. The third kappa shape index (κ3) is 5.20. The molecule has 0 fully saturated rings. The summed E-state index contributed by atoms with van der Waals surface area (Å²) in [4.78, 5) is 13.6. The summed E-state index contributed by atoms with van der Waals surface area (Å²) in [6.07, 6.45) is 0.401. The molecule has 0 saturated carbocycles. The topological polar surface area (TPSA) is 38.8 Å². The fourth-order valence-electron chi connectivity index (χ4n) is 1.89. The van der Waals surface area contributed by atoms with E-state index >= 15 is 0 Å². The number of hydrogen-bond acceptors (Lipinski definition) is 3. The monoisotopic (exact) mass is 311 g/mol. The second-order valence-electron chi connectivity index (χ2n) is 6.30. The highest BCUT2D eigenvalue weighted by molar-refractivity contribution is 5.68. The number of halogens is 1. The molecule has 0 saturated heterocycles. The molecule has 0 heterocycles. The van der Waals surface area contributed by atoms with Crippen LogP contribution in [0.5, 0.6) is 5.75 Å². The van der Waals surface area contributed by atoms with Gasteiger partial charge in [-0.3, -0.25) is 0 Å². The Labute approximate surface area is 132 Å². The van der Waals surface area contributed by atoms with Crippen LogP contribution in [0.15, 0.2) is 18.2 Å². The zero-order chi connectivity index (χ0) is 16.9. The van der Waals surface area contributed by atoms with Gasteiger partial charge in [-0.25, -0.2) is 9.18 Å². The molecule has 1 aromatic carbocycles. The van der Waals surface area contributed by atoms with E-state index in [9.17, 15) is 9.18 Å². The number of benzene rings is 1. The van der Waals surface area contributed by atoms with Gasteiger partial charge in [0.2, 0.25) is 0 Å². The zero-order valence-electron chi connectivity index (χ0n) is 14.3. The molecule has 22 heavy (non-hydrogen) atoms. The first kappa shape index (κ1) is 18.3. The Kier molecular flexibility index (Phi) is 6.21. The molecule has 1 rings (SSSR count). The summed E-state index contributed by atoms with van der Waals surface area (Å²) in [6, 6.07) is 3.99. The van der Waals surface area contributed by atoms with E-state index in [-0.39, 0.29) is 11.9 Å². The van der Waals surface area contributed by atoms with Gasteiger partial charge in [0.05, 0.1) is 12.6 Å². The van der Waals surface area contributed by atoms with Crippen molar-refractivity contribution in [2.75, 3.05) is 13.7 Å². The van der Waals surface area contributed by atoms with Gasteiger partial charge in [-0.2, -0.15) is 0 Å². The zero-order valence-corrected chi connectivity index (χ0v) is 14.3. The van der Waals surface area contributed by atoms with Crippen molar-refractivity contribution in [3.8, 4) is 5.75 Å². The van der Waals surface area contributed by atoms with E-state index in [4.69, 9.17) is 9.47 Å². The van der Waals surface area contributed by atoms with Gasteiger partial charge in [-0.15, -0.1) is 0 Å². The maximum absolute atomic E-state index is 13.6. The van der Waals surface area contributed by atoms with Crippen molar-refractivity contribution in [2.45, 2.75) is 52.7 Å². The molecule has 124 valence electrons. The van der Waals surface area contributed by atoms with Crippen molar-refractivity contribution >= 4 is 6.09 Å². The molecule has 1 amide bonds. The van der Waals surface area contributed by atoms with Crippen LogP contribution in [0.3, 0.4) is 0 Å². The second kappa shape index (κ2) is 7.47. The highest BCUT2D eigenvalue weighted by atomic mass is 19.1. The fourth-order valence-corrected chi connectivity index (χ4v) is 1.89. The fraction of sp³-hybridized carbons (Fsp3) is 0.588. The van der Waals surface area contributed by atoms with Gasteiger partial charge in [-0.1, -0.05) is 6.92 Å². The summed E-state index contributed by atoms with van der Waals surface area (Å²) in [5.41, 5.74) is 0.0518. The van der Waals surface area contributed by atoms with E-state index in [2.05, 4.69) is 0 Å². The minimum Gasteiger partial charge on any atom is -0.493 e. The van der Waals surface area contributed by atoms with E-state index in [1.807, 2.05) is 13.8 Å². The van der Waals surface area contributed by atoms with E-state index in [1.54, 1.807) is 33.9 Å². The van der Waals surface area contributed by atoms with Crippen LogP contribution in [0.2, 0.25) is 0 Å². The summed E-state index contributed by atoms with van der Waals surface area (Å²) in [7, 11) is 1.63. The van der Waals surface area contributed by atoms with Crippen molar-refractivity contribution in [3.05, 3.63) is 29.6 Å². The Morgan fingerprint density at radius 2 is 2.00 bits per heavy atom. The summed E-state index contributed by atoms with van der Waals surface area (Å²) in [5.74, 6) is 0.231. The Bertz CT molecular complexity index is 511. The lowest BCUT2D eigenvalue weighted by atomic mass is 10.1. The van der Waals surface area contributed by atoms with Crippen molar-refractivity contribution in [2.24, 2.45) is 0 Å². The molecule has 0 bridgehead atoms. The number of rotatable bonds is 5. The number of hydrogen-bond donors (Lipinski definition) is 0. The lowest BCUT2D eigenvalue weighted by Gasteiger charge is -2.29. The van der Waals surface area contributed by atoms with Gasteiger partial charge in [0, 0.05) is 12.6 Å². The summed E-state index contributed by atoms with van der Waals surface area (Å²) in [6.45, 7) is 9.78. The third-order valence-corrected chi connectivity index (χ3v) is 3.15. The molecule has 5 heteroatoms. The summed E-state index contributed by atoms with van der Waals surface area (Å²) >= 11 is 0. The number of nitrogens with zero attached hydrogens (tertiary/aromatic N) is 1. The van der Waals surface area contributed by atoms with Crippen LogP contribution in [0.25, 0.3) is 0 Å². The Balaban J connectivity index is 2.97. The molecule has 0 spiro atoms. The second-order valence-corrected chi connectivity index (χ2v) is 6.30. The lowest BCUT2D eigenvalue weighted by molar-refractivity contribution is 0.0231. The van der Waals surface area contributed by atoms with E-state index < -0.39 is 11.7 Å². The summed E-state index contributed by atoms with van der Waals surface area (Å²) < 4.78 is 24.6. The molecule has 0 radical (unpaired) electrons. The van der Waals surface area contributed by atoms with Gasteiger partial charge in [-0.05, 0) is 52.3 Å². The molecule has 0 unspecified atom stereocenters. The normalized spacial score (nSPS) is 12.7. The number of amides is 1. The first-order valence-corrected chi connectivity index (χ1v) is 7.53. The van der Waals surface area contributed by atoms with Crippen molar-refractivity contribution in [1.82, 2.24) is 4.90 Å². The Hall–Kier alpha value is -1.78. The molecule has 0 aliphatic heterocycles. The molecule has 0 aliphatic carbocycles. The van der Waals surface area contributed by atoms with Crippen LogP contribution in [-0.4, -0.2) is 30.2 Å². The van der Waals surface area contributed by atoms with Crippen molar-refractivity contribution in [3.63, 3.8) is 0 Å². The van der Waals surface area contributed by atoms with Crippen LogP contribution in [0.4, 0.5) is 9.18 Å². The molecular formula is C17H26FNO3. The standard InChI is InChI=1S/C17H26FNO3/c1-7-10-21-15-9-8-13(18)11-14(15)12(2)19(6)16(20)22-17(3,4)5/h8-9,11-12H,7,10H2,1-6H3/t12-/m1/s1. The SMILES string of the molecule is CCCOc1ccc(F)cc1[C@@H](C)N(C)C(=O)OC(C)(C)C. The van der Waals surface area contributed by atoms with Crippen LogP contribution in [-0.2, 0) is 4.74 Å². The highest BCUT2D eigenvalue weighted by Crippen LogP contribution is 2.30. The minimum atomic E-state index is -0.575.